The van der Waals surface area contributed by atoms with Crippen molar-refractivity contribution in [1.29, 1.82) is 0 Å². The highest BCUT2D eigenvalue weighted by Gasteiger charge is 2.14. The van der Waals surface area contributed by atoms with Crippen LogP contribution in [-0.2, 0) is 0 Å². The summed E-state index contributed by atoms with van der Waals surface area (Å²) >= 11 is 0. The quantitative estimate of drug-likeness (QED) is 0.660. The van der Waals surface area contributed by atoms with Gasteiger partial charge in [-0.15, -0.1) is 0 Å². The maximum Gasteiger partial charge on any atom is 0.193 e. The molecule has 0 amide bonds. The third-order valence-electron chi connectivity index (χ3n) is 3.20. The normalized spacial score (nSPS) is 10.5. The van der Waals surface area contributed by atoms with Gasteiger partial charge in [0.25, 0.3) is 0 Å². The monoisotopic (exact) mass is 257 g/mol. The van der Waals surface area contributed by atoms with Crippen molar-refractivity contribution < 1.29 is 9.18 Å². The summed E-state index contributed by atoms with van der Waals surface area (Å²) in [4.78, 5) is 12.5. The van der Waals surface area contributed by atoms with Gasteiger partial charge in [0, 0.05) is 16.8 Å². The number of ketones is 1. The molecule has 0 aliphatic rings. The molecule has 0 saturated carbocycles. The second kappa shape index (κ2) is 4.84. The molecular formula is C16H16FNO. The molecule has 0 fully saturated rings. The van der Waals surface area contributed by atoms with Crippen LogP contribution < -0.4 is 5.73 Å². The first kappa shape index (κ1) is 13.3. The minimum absolute atomic E-state index is 0.129. The van der Waals surface area contributed by atoms with Crippen molar-refractivity contribution >= 4 is 11.5 Å². The van der Waals surface area contributed by atoms with Gasteiger partial charge in [0.05, 0.1) is 0 Å². The van der Waals surface area contributed by atoms with Crippen molar-refractivity contribution in [2.75, 3.05) is 5.73 Å². The molecule has 3 heteroatoms. The van der Waals surface area contributed by atoms with Crippen LogP contribution in [0.3, 0.4) is 0 Å². The zero-order valence-corrected chi connectivity index (χ0v) is 11.3. The first-order chi connectivity index (χ1) is 8.90. The zero-order valence-electron chi connectivity index (χ0n) is 11.3. The van der Waals surface area contributed by atoms with Crippen molar-refractivity contribution in [3.05, 3.63) is 64.0 Å². The first-order valence-corrected chi connectivity index (χ1v) is 6.07. The van der Waals surface area contributed by atoms with E-state index in [9.17, 15) is 9.18 Å². The van der Waals surface area contributed by atoms with Crippen LogP contribution in [0.15, 0.2) is 30.3 Å². The molecule has 0 spiro atoms. The highest BCUT2D eigenvalue weighted by atomic mass is 19.1. The Morgan fingerprint density at radius 2 is 1.58 bits per heavy atom. The van der Waals surface area contributed by atoms with E-state index in [4.69, 9.17) is 5.73 Å². The Bertz CT molecular complexity index is 639. The molecule has 19 heavy (non-hydrogen) atoms. The molecule has 0 atom stereocenters. The Hall–Kier alpha value is -2.16. The molecular weight excluding hydrogens is 241 g/mol. The van der Waals surface area contributed by atoms with Gasteiger partial charge in [-0.25, -0.2) is 4.39 Å². The predicted molar refractivity (Wildman–Crippen MR) is 74.9 cm³/mol. The van der Waals surface area contributed by atoms with Crippen molar-refractivity contribution in [1.82, 2.24) is 0 Å². The van der Waals surface area contributed by atoms with E-state index in [2.05, 4.69) is 0 Å². The van der Waals surface area contributed by atoms with E-state index in [-0.39, 0.29) is 11.6 Å². The third kappa shape index (κ3) is 2.50. The minimum atomic E-state index is -0.263. The lowest BCUT2D eigenvalue weighted by Crippen LogP contribution is -2.06. The molecule has 0 aliphatic heterocycles. The number of halogens is 1. The van der Waals surface area contributed by atoms with E-state index in [0.717, 1.165) is 5.56 Å². The number of hydrogen-bond donors (Lipinski definition) is 1. The summed E-state index contributed by atoms with van der Waals surface area (Å²) in [5, 5.41) is 0. The lowest BCUT2D eigenvalue weighted by molar-refractivity contribution is 0.103. The molecule has 0 unspecified atom stereocenters. The Kier molecular flexibility index (Phi) is 3.38. The van der Waals surface area contributed by atoms with Crippen molar-refractivity contribution in [3.63, 3.8) is 0 Å². The van der Waals surface area contributed by atoms with Crippen LogP contribution in [0.2, 0.25) is 0 Å². The average molecular weight is 257 g/mol. The van der Waals surface area contributed by atoms with Crippen LogP contribution in [-0.4, -0.2) is 5.78 Å². The molecule has 0 radical (unpaired) electrons. The van der Waals surface area contributed by atoms with Crippen LogP contribution >= 0.6 is 0 Å². The van der Waals surface area contributed by atoms with E-state index >= 15 is 0 Å². The molecule has 0 aliphatic carbocycles. The molecule has 0 saturated heterocycles. The van der Waals surface area contributed by atoms with Crippen LogP contribution in [0, 0.1) is 26.6 Å². The van der Waals surface area contributed by atoms with Crippen LogP contribution in [0.5, 0.6) is 0 Å². The molecule has 0 heterocycles. The standard InChI is InChI=1S/C16H16FNO/c1-9-4-5-13(18)8-14(9)16(19)12-6-10(2)15(17)11(3)7-12/h4-8H,18H2,1-3H3. The van der Waals surface area contributed by atoms with Gasteiger partial charge in [-0.1, -0.05) is 6.07 Å². The number of aryl methyl sites for hydroxylation is 3. The van der Waals surface area contributed by atoms with E-state index < -0.39 is 0 Å². The largest absolute Gasteiger partial charge is 0.399 e. The lowest BCUT2D eigenvalue weighted by atomic mass is 9.96. The summed E-state index contributed by atoms with van der Waals surface area (Å²) in [6.07, 6.45) is 0. The summed E-state index contributed by atoms with van der Waals surface area (Å²) in [7, 11) is 0. The van der Waals surface area contributed by atoms with Gasteiger partial charge >= 0.3 is 0 Å². The van der Waals surface area contributed by atoms with Gasteiger partial charge in [0.2, 0.25) is 0 Å². The van der Waals surface area contributed by atoms with Gasteiger partial charge in [0.1, 0.15) is 5.82 Å². The number of hydrogen-bond acceptors (Lipinski definition) is 2. The van der Waals surface area contributed by atoms with Crippen LogP contribution in [0.25, 0.3) is 0 Å². The van der Waals surface area contributed by atoms with Gasteiger partial charge in [0.15, 0.2) is 5.78 Å². The smallest absolute Gasteiger partial charge is 0.193 e. The summed E-state index contributed by atoms with van der Waals surface area (Å²) < 4.78 is 13.6. The molecule has 2 rings (SSSR count). The molecule has 0 aromatic heterocycles. The van der Waals surface area contributed by atoms with Gasteiger partial charge < -0.3 is 5.73 Å². The average Bonchev–Trinajstić information content (AvgIpc) is 2.37. The predicted octanol–water partition coefficient (Wildman–Crippen LogP) is 3.56. The maximum atomic E-state index is 13.6. The molecule has 2 nitrogen and oxygen atoms in total. The van der Waals surface area contributed by atoms with Crippen molar-refractivity contribution in [3.8, 4) is 0 Å². The number of carbonyl (C=O) groups is 1. The topological polar surface area (TPSA) is 43.1 Å². The Morgan fingerprint density at radius 3 is 2.16 bits per heavy atom. The molecule has 2 aromatic rings. The summed E-state index contributed by atoms with van der Waals surface area (Å²) in [5.41, 5.74) is 9.13. The van der Waals surface area contributed by atoms with Crippen molar-refractivity contribution in [2.24, 2.45) is 0 Å². The second-order valence-corrected chi connectivity index (χ2v) is 4.83. The van der Waals surface area contributed by atoms with Gasteiger partial charge in [-0.3, -0.25) is 4.79 Å². The molecule has 2 aromatic carbocycles. The Balaban J connectivity index is 2.53. The summed E-state index contributed by atoms with van der Waals surface area (Å²) in [5.74, 6) is -0.392. The van der Waals surface area contributed by atoms with Crippen LogP contribution in [0.4, 0.5) is 10.1 Å². The van der Waals surface area contributed by atoms with E-state index in [1.807, 2.05) is 13.0 Å². The number of nitrogen functional groups attached to an aromatic ring is 1. The maximum absolute atomic E-state index is 13.6. The fraction of sp³-hybridized carbons (Fsp3) is 0.188. The number of anilines is 1. The SMILES string of the molecule is Cc1ccc(N)cc1C(=O)c1cc(C)c(F)c(C)c1. The first-order valence-electron chi connectivity index (χ1n) is 6.07. The number of rotatable bonds is 2. The number of carbonyl (C=O) groups excluding carboxylic acids is 1. The Labute approximate surface area is 112 Å². The fourth-order valence-corrected chi connectivity index (χ4v) is 2.12. The minimum Gasteiger partial charge on any atom is -0.399 e. The number of benzene rings is 2. The van der Waals surface area contributed by atoms with E-state index in [1.54, 1.807) is 38.1 Å². The Morgan fingerprint density at radius 1 is 1.00 bits per heavy atom. The van der Waals surface area contributed by atoms with Gasteiger partial charge in [-0.2, -0.15) is 0 Å². The van der Waals surface area contributed by atoms with Gasteiger partial charge in [-0.05, 0) is 61.7 Å². The summed E-state index contributed by atoms with van der Waals surface area (Å²) in [6, 6.07) is 8.38. The van der Waals surface area contributed by atoms with Crippen molar-refractivity contribution in [2.45, 2.75) is 20.8 Å². The third-order valence-corrected chi connectivity index (χ3v) is 3.20. The fourth-order valence-electron chi connectivity index (χ4n) is 2.12. The zero-order chi connectivity index (χ0) is 14.2. The molecule has 2 N–H and O–H groups in total. The molecule has 98 valence electrons. The van der Waals surface area contributed by atoms with E-state index in [0.29, 0.717) is 27.9 Å². The highest BCUT2D eigenvalue weighted by Crippen LogP contribution is 2.21. The number of nitrogens with two attached hydrogens (primary N) is 1. The second-order valence-electron chi connectivity index (χ2n) is 4.83. The molecule has 0 bridgehead atoms. The van der Waals surface area contributed by atoms with E-state index in [1.165, 1.54) is 0 Å². The lowest BCUT2D eigenvalue weighted by Gasteiger charge is -2.09. The van der Waals surface area contributed by atoms with Crippen LogP contribution in [0.1, 0.15) is 32.6 Å². The summed E-state index contributed by atoms with van der Waals surface area (Å²) in [6.45, 7) is 5.17. The highest BCUT2D eigenvalue weighted by molar-refractivity contribution is 6.10.